The molecular weight excluding hydrogens is 533 g/mol. The Bertz CT molecular complexity index is 1630. The first-order valence-corrected chi connectivity index (χ1v) is 14.0. The van der Waals surface area contributed by atoms with Crippen LogP contribution in [0.5, 0.6) is 5.75 Å². The van der Waals surface area contributed by atoms with Crippen molar-refractivity contribution in [3.05, 3.63) is 112 Å². The highest BCUT2D eigenvalue weighted by atomic mass is 19.1. The Kier molecular flexibility index (Phi) is 7.29. The molecule has 0 saturated carbocycles. The second-order valence-corrected chi connectivity index (χ2v) is 10.8. The zero-order chi connectivity index (χ0) is 30.1. The number of nitrogens with one attached hydrogen (secondary N) is 1. The Balaban J connectivity index is 1.04. The Labute approximate surface area is 246 Å². The maximum atomic E-state index is 14.4. The maximum Gasteiger partial charge on any atom is 0.255 e. The molecule has 0 bridgehead atoms. The number of hydrogen-bond donors (Lipinski definition) is 1. The van der Waals surface area contributed by atoms with Crippen LogP contribution in [0, 0.1) is 12.4 Å². The number of fused-ring (bicyclic) bond motifs is 1. The van der Waals surface area contributed by atoms with E-state index in [2.05, 4.69) is 33.8 Å². The number of piperazine rings is 1. The zero-order valence-corrected chi connectivity index (χ0v) is 23.2. The largest absolute Gasteiger partial charge is 0.489 e. The third-order valence-electron chi connectivity index (χ3n) is 8.06. The van der Waals surface area contributed by atoms with E-state index in [9.17, 15) is 14.0 Å². The van der Waals surface area contributed by atoms with Crippen LogP contribution >= 0.6 is 0 Å². The molecule has 214 valence electrons. The summed E-state index contributed by atoms with van der Waals surface area (Å²) in [6, 6.07) is 16.4. The standard InChI is InChI=1S/C33H32FN5O3/c1-22-6-12-30(32(40)36-22)39-20-27-26(33(39)41)4-3-5-31(27)42-21-24-9-7-23(8-10-24)19-37-14-16-38(17-15-37)29-13-11-25(35-2)18-28(29)34/h3-5,7-11,13,18,30H,1,6,12,14-17,19-21H2,(H,36,40)/t30-/m0/s1/i30D. The molecule has 0 spiro atoms. The van der Waals surface area contributed by atoms with Gasteiger partial charge in [0.05, 0.1) is 20.2 Å². The van der Waals surface area contributed by atoms with Crippen LogP contribution in [0.15, 0.2) is 72.9 Å². The lowest BCUT2D eigenvalue weighted by Crippen LogP contribution is -2.49. The van der Waals surface area contributed by atoms with Crippen molar-refractivity contribution in [3.63, 3.8) is 0 Å². The number of benzene rings is 3. The summed E-state index contributed by atoms with van der Waals surface area (Å²) in [5, 5.41) is 2.63. The van der Waals surface area contributed by atoms with E-state index in [1.807, 2.05) is 23.1 Å². The Morgan fingerprint density at radius 1 is 1.07 bits per heavy atom. The number of halogens is 1. The topological polar surface area (TPSA) is 69.5 Å². The number of hydrogen-bond acceptors (Lipinski definition) is 5. The number of piperidine rings is 1. The molecule has 0 unspecified atom stereocenters. The molecule has 0 aliphatic carbocycles. The Hall–Kier alpha value is -4.68. The van der Waals surface area contributed by atoms with E-state index in [1.165, 1.54) is 16.5 Å². The van der Waals surface area contributed by atoms with Crippen LogP contribution in [-0.4, -0.2) is 53.8 Å². The Morgan fingerprint density at radius 3 is 2.55 bits per heavy atom. The third kappa shape index (κ3) is 5.58. The van der Waals surface area contributed by atoms with Crippen molar-refractivity contribution in [2.75, 3.05) is 31.1 Å². The predicted molar refractivity (Wildman–Crippen MR) is 158 cm³/mol. The lowest BCUT2D eigenvalue weighted by atomic mass is 10.0. The second-order valence-electron chi connectivity index (χ2n) is 10.8. The van der Waals surface area contributed by atoms with E-state index in [0.717, 1.165) is 25.2 Å². The van der Waals surface area contributed by atoms with Gasteiger partial charge in [-0.15, -0.1) is 0 Å². The fourth-order valence-corrected chi connectivity index (χ4v) is 5.72. The minimum atomic E-state index is -1.68. The van der Waals surface area contributed by atoms with Crippen LogP contribution in [0.1, 0.15) is 41.3 Å². The summed E-state index contributed by atoms with van der Waals surface area (Å²) < 4.78 is 29.4. The molecule has 2 fully saturated rings. The minimum Gasteiger partial charge on any atom is -0.489 e. The number of amides is 2. The lowest BCUT2D eigenvalue weighted by Gasteiger charge is -2.36. The lowest BCUT2D eigenvalue weighted by molar-refractivity contribution is -0.126. The molecule has 6 rings (SSSR count). The van der Waals surface area contributed by atoms with Gasteiger partial charge in [0.25, 0.3) is 5.91 Å². The number of allylic oxidation sites excluding steroid dienone is 1. The van der Waals surface area contributed by atoms with E-state index < -0.39 is 11.9 Å². The molecule has 2 amide bonds. The van der Waals surface area contributed by atoms with Gasteiger partial charge in [0.15, 0.2) is 5.69 Å². The molecule has 1 N–H and O–H groups in total. The number of nitrogens with zero attached hydrogens (tertiary/aromatic N) is 4. The van der Waals surface area contributed by atoms with Gasteiger partial charge in [-0.2, -0.15) is 0 Å². The molecule has 3 heterocycles. The van der Waals surface area contributed by atoms with Crippen molar-refractivity contribution in [1.82, 2.24) is 15.1 Å². The highest BCUT2D eigenvalue weighted by molar-refractivity contribution is 6.02. The number of ether oxygens (including phenoxy) is 1. The van der Waals surface area contributed by atoms with Gasteiger partial charge in [-0.25, -0.2) is 9.24 Å². The molecular formula is C33H32FN5O3. The molecule has 42 heavy (non-hydrogen) atoms. The summed E-state index contributed by atoms with van der Waals surface area (Å²) in [5.41, 5.74) is 4.71. The van der Waals surface area contributed by atoms with Crippen molar-refractivity contribution in [3.8, 4) is 5.75 Å². The number of anilines is 1. The van der Waals surface area contributed by atoms with Crippen LogP contribution < -0.4 is 15.0 Å². The summed E-state index contributed by atoms with van der Waals surface area (Å²) in [7, 11) is 0. The molecule has 3 aromatic carbocycles. The quantitative estimate of drug-likeness (QED) is 0.407. The van der Waals surface area contributed by atoms with Crippen molar-refractivity contribution in [2.24, 2.45) is 0 Å². The van der Waals surface area contributed by atoms with Crippen LogP contribution in [0.25, 0.3) is 4.85 Å². The summed E-state index contributed by atoms with van der Waals surface area (Å²) in [6.45, 7) is 15.1. The van der Waals surface area contributed by atoms with Gasteiger partial charge in [-0.1, -0.05) is 43.0 Å². The number of carbonyl (C=O) groups is 2. The van der Waals surface area contributed by atoms with Crippen LogP contribution in [-0.2, 0) is 24.5 Å². The molecule has 3 aliphatic rings. The van der Waals surface area contributed by atoms with Crippen molar-refractivity contribution in [1.29, 1.82) is 0 Å². The van der Waals surface area contributed by atoms with E-state index in [-0.39, 0.29) is 24.7 Å². The smallest absolute Gasteiger partial charge is 0.255 e. The summed E-state index contributed by atoms with van der Waals surface area (Å²) in [6.07, 6.45) is 0.649. The SMILES string of the molecule is [2H][C@]1(N2Cc3c(OCc4ccc(CN5CCN(c6ccc([N+]#[C-])cc6F)CC5)cc4)cccc3C2=O)CCC(=C)NC1=O. The van der Waals surface area contributed by atoms with Crippen LogP contribution in [0.2, 0.25) is 0 Å². The Morgan fingerprint density at radius 2 is 1.83 bits per heavy atom. The predicted octanol–water partition coefficient (Wildman–Crippen LogP) is 5.03. The molecule has 0 radical (unpaired) electrons. The van der Waals surface area contributed by atoms with Crippen molar-refractivity contribution >= 4 is 23.2 Å². The van der Waals surface area contributed by atoms with Gasteiger partial charge in [0.2, 0.25) is 5.91 Å². The van der Waals surface area contributed by atoms with Gasteiger partial charge in [0.1, 0.15) is 24.2 Å². The van der Waals surface area contributed by atoms with Crippen molar-refractivity contribution in [2.45, 2.75) is 38.6 Å². The first-order valence-electron chi connectivity index (χ1n) is 14.5. The van der Waals surface area contributed by atoms with E-state index in [0.29, 0.717) is 60.1 Å². The average Bonchev–Trinajstić information content (AvgIpc) is 3.36. The highest BCUT2D eigenvalue weighted by Gasteiger charge is 2.39. The van der Waals surface area contributed by atoms with E-state index in [4.69, 9.17) is 12.7 Å². The molecule has 0 aromatic heterocycles. The summed E-state index contributed by atoms with van der Waals surface area (Å²) in [4.78, 5) is 34.8. The zero-order valence-electron chi connectivity index (χ0n) is 24.2. The first-order chi connectivity index (χ1) is 20.7. The molecule has 9 heteroatoms. The highest BCUT2D eigenvalue weighted by Crippen LogP contribution is 2.34. The van der Waals surface area contributed by atoms with Gasteiger partial charge in [-0.3, -0.25) is 14.5 Å². The molecule has 3 aromatic rings. The van der Waals surface area contributed by atoms with Gasteiger partial charge < -0.3 is 19.9 Å². The molecule has 8 nitrogen and oxygen atoms in total. The number of carbonyl (C=O) groups excluding carboxylic acids is 2. The van der Waals surface area contributed by atoms with Gasteiger partial charge >= 0.3 is 0 Å². The number of rotatable bonds is 7. The van der Waals surface area contributed by atoms with Crippen LogP contribution in [0.3, 0.4) is 0 Å². The van der Waals surface area contributed by atoms with Gasteiger partial charge in [-0.05, 0) is 48.2 Å². The minimum absolute atomic E-state index is 0.138. The summed E-state index contributed by atoms with van der Waals surface area (Å²) in [5.74, 6) is -0.658. The third-order valence-corrected chi connectivity index (χ3v) is 8.06. The molecule has 3 aliphatic heterocycles. The fraction of sp³-hybridized carbons (Fsp3) is 0.303. The normalized spacial score (nSPS) is 21.0. The van der Waals surface area contributed by atoms with Crippen LogP contribution in [0.4, 0.5) is 15.8 Å². The first kappa shape index (κ1) is 26.2. The fourth-order valence-electron chi connectivity index (χ4n) is 5.72. The van der Waals surface area contributed by atoms with E-state index >= 15 is 0 Å². The van der Waals surface area contributed by atoms with E-state index in [1.54, 1.807) is 24.3 Å². The van der Waals surface area contributed by atoms with Crippen molar-refractivity contribution < 1.29 is 20.1 Å². The molecule has 1 atom stereocenters. The molecule has 2 saturated heterocycles. The average molecular weight is 567 g/mol. The second kappa shape index (κ2) is 11.7. The monoisotopic (exact) mass is 566 g/mol. The van der Waals surface area contributed by atoms with Gasteiger partial charge in [0, 0.05) is 49.5 Å². The summed E-state index contributed by atoms with van der Waals surface area (Å²) >= 11 is 0. The maximum absolute atomic E-state index is 14.4.